The van der Waals surface area contributed by atoms with Crippen molar-refractivity contribution in [1.82, 2.24) is 5.48 Å². The molecule has 0 rings (SSSR count). The molecule has 11 heavy (non-hydrogen) atoms. The average Bonchev–Trinajstić information content (AvgIpc) is 1.97. The average molecular weight is 158 g/mol. The number of carbonyl (C=O) groups is 1. The van der Waals surface area contributed by atoms with Crippen molar-refractivity contribution in [2.24, 2.45) is 5.73 Å². The number of carbonyl (C=O) groups excluding carboxylic acids is 1. The summed E-state index contributed by atoms with van der Waals surface area (Å²) in [6.45, 7) is 6.19. The number of hydrogen-bond acceptors (Lipinski definition) is 3. The Kier molecular flexibility index (Phi) is 5.42. The van der Waals surface area contributed by atoms with Crippen LogP contribution < -0.4 is 11.2 Å². The Hall–Kier alpha value is -0.870. The highest BCUT2D eigenvalue weighted by molar-refractivity contribution is 5.74. The van der Waals surface area contributed by atoms with E-state index in [9.17, 15) is 4.79 Å². The number of amides is 1. The van der Waals surface area contributed by atoms with Crippen LogP contribution >= 0.6 is 0 Å². The van der Waals surface area contributed by atoms with Crippen LogP contribution in [0.25, 0.3) is 0 Å². The molecule has 0 aromatic carbocycles. The molecule has 0 aromatic rings. The molecule has 0 spiro atoms. The number of hydroxylamine groups is 1. The van der Waals surface area contributed by atoms with Gasteiger partial charge in [-0.2, -0.15) is 5.48 Å². The zero-order valence-corrected chi connectivity index (χ0v) is 6.72. The summed E-state index contributed by atoms with van der Waals surface area (Å²) in [5.74, 6) is -0.486. The fraction of sp³-hybridized carbons (Fsp3) is 0.571. The van der Waals surface area contributed by atoms with E-state index in [1.165, 1.54) is 0 Å². The lowest BCUT2D eigenvalue weighted by Gasteiger charge is -2.03. The van der Waals surface area contributed by atoms with Crippen LogP contribution in [0.1, 0.15) is 13.3 Å². The monoisotopic (exact) mass is 158 g/mol. The van der Waals surface area contributed by atoms with E-state index in [-0.39, 0.29) is 6.61 Å². The molecule has 0 aromatic heterocycles. The van der Waals surface area contributed by atoms with Crippen LogP contribution in [-0.4, -0.2) is 19.1 Å². The van der Waals surface area contributed by atoms with Gasteiger partial charge >= 0.3 is 0 Å². The SMILES string of the molecule is C=C(CC)CNOCC(N)=O. The molecule has 0 heterocycles. The first-order chi connectivity index (χ1) is 5.16. The van der Waals surface area contributed by atoms with Crippen molar-refractivity contribution in [2.75, 3.05) is 13.2 Å². The Balaban J connectivity index is 3.14. The van der Waals surface area contributed by atoms with Gasteiger partial charge < -0.3 is 5.73 Å². The van der Waals surface area contributed by atoms with Crippen molar-refractivity contribution in [2.45, 2.75) is 13.3 Å². The van der Waals surface area contributed by atoms with Crippen LogP contribution in [-0.2, 0) is 9.63 Å². The van der Waals surface area contributed by atoms with Crippen molar-refractivity contribution >= 4 is 5.91 Å². The van der Waals surface area contributed by atoms with Gasteiger partial charge in [0.15, 0.2) is 0 Å². The maximum absolute atomic E-state index is 10.1. The number of nitrogens with one attached hydrogen (secondary N) is 1. The Labute approximate surface area is 66.4 Å². The molecule has 4 heteroatoms. The second-order valence-electron chi connectivity index (χ2n) is 2.18. The zero-order valence-electron chi connectivity index (χ0n) is 6.72. The third kappa shape index (κ3) is 7.02. The molecule has 0 fully saturated rings. The number of primary amides is 1. The molecule has 64 valence electrons. The predicted octanol–water partition coefficient (Wildman–Crippen LogP) is -0.0409. The van der Waals surface area contributed by atoms with Crippen molar-refractivity contribution in [3.05, 3.63) is 12.2 Å². The maximum atomic E-state index is 10.1. The standard InChI is InChI=1S/C7H14N2O2/c1-3-6(2)4-9-11-5-7(8)10/h9H,2-5H2,1H3,(H2,8,10). The maximum Gasteiger partial charge on any atom is 0.245 e. The lowest BCUT2D eigenvalue weighted by Crippen LogP contribution is -2.25. The molecule has 0 bridgehead atoms. The van der Waals surface area contributed by atoms with E-state index in [4.69, 9.17) is 5.73 Å². The minimum atomic E-state index is -0.486. The largest absolute Gasteiger partial charge is 0.368 e. The predicted molar refractivity (Wildman–Crippen MR) is 42.6 cm³/mol. The smallest absolute Gasteiger partial charge is 0.245 e. The summed E-state index contributed by atoms with van der Waals surface area (Å²) in [6.07, 6.45) is 0.896. The fourth-order valence-corrected chi connectivity index (χ4v) is 0.400. The van der Waals surface area contributed by atoms with Gasteiger partial charge in [0, 0.05) is 6.54 Å². The van der Waals surface area contributed by atoms with Gasteiger partial charge in [0.25, 0.3) is 0 Å². The van der Waals surface area contributed by atoms with E-state index in [0.29, 0.717) is 6.54 Å². The third-order valence-corrected chi connectivity index (χ3v) is 1.14. The minimum Gasteiger partial charge on any atom is -0.368 e. The quantitative estimate of drug-likeness (QED) is 0.324. The number of nitrogens with two attached hydrogens (primary N) is 1. The second kappa shape index (κ2) is 5.88. The van der Waals surface area contributed by atoms with Gasteiger partial charge in [0.05, 0.1) is 0 Å². The summed E-state index contributed by atoms with van der Waals surface area (Å²) in [4.78, 5) is 14.8. The van der Waals surface area contributed by atoms with Crippen LogP contribution in [0.3, 0.4) is 0 Å². The molecule has 0 radical (unpaired) electrons. The Morgan fingerprint density at radius 1 is 1.73 bits per heavy atom. The minimum absolute atomic E-state index is 0.100. The molecule has 0 atom stereocenters. The summed E-state index contributed by atoms with van der Waals surface area (Å²) in [6, 6.07) is 0. The summed E-state index contributed by atoms with van der Waals surface area (Å²) < 4.78 is 0. The van der Waals surface area contributed by atoms with Crippen molar-refractivity contribution < 1.29 is 9.63 Å². The first-order valence-electron chi connectivity index (χ1n) is 3.46. The van der Waals surface area contributed by atoms with E-state index in [1.54, 1.807) is 0 Å². The Bertz CT molecular complexity index is 145. The molecule has 0 aliphatic carbocycles. The van der Waals surface area contributed by atoms with Gasteiger partial charge in [0.1, 0.15) is 6.61 Å². The molecular weight excluding hydrogens is 144 g/mol. The fourth-order valence-electron chi connectivity index (χ4n) is 0.400. The molecule has 0 aliphatic heterocycles. The van der Waals surface area contributed by atoms with E-state index in [0.717, 1.165) is 12.0 Å². The summed E-state index contributed by atoms with van der Waals surface area (Å²) in [5.41, 5.74) is 8.41. The molecule has 1 amide bonds. The van der Waals surface area contributed by atoms with E-state index >= 15 is 0 Å². The Morgan fingerprint density at radius 3 is 2.82 bits per heavy atom. The van der Waals surface area contributed by atoms with Crippen LogP contribution in [0.2, 0.25) is 0 Å². The van der Waals surface area contributed by atoms with E-state index in [1.807, 2.05) is 6.92 Å². The summed E-state index contributed by atoms with van der Waals surface area (Å²) >= 11 is 0. The highest BCUT2D eigenvalue weighted by Gasteiger charge is 1.93. The molecule has 4 nitrogen and oxygen atoms in total. The Morgan fingerprint density at radius 2 is 2.36 bits per heavy atom. The van der Waals surface area contributed by atoms with Crippen molar-refractivity contribution in [3.63, 3.8) is 0 Å². The first kappa shape index (κ1) is 10.1. The van der Waals surface area contributed by atoms with Gasteiger partial charge in [-0.3, -0.25) is 9.63 Å². The van der Waals surface area contributed by atoms with E-state index < -0.39 is 5.91 Å². The van der Waals surface area contributed by atoms with E-state index in [2.05, 4.69) is 16.9 Å². The lowest BCUT2D eigenvalue weighted by molar-refractivity contribution is -0.125. The van der Waals surface area contributed by atoms with Crippen molar-refractivity contribution in [1.29, 1.82) is 0 Å². The van der Waals surface area contributed by atoms with Gasteiger partial charge in [-0.05, 0) is 6.42 Å². The van der Waals surface area contributed by atoms with Gasteiger partial charge in [-0.25, -0.2) is 0 Å². The topological polar surface area (TPSA) is 64.3 Å². The van der Waals surface area contributed by atoms with Crippen molar-refractivity contribution in [3.8, 4) is 0 Å². The van der Waals surface area contributed by atoms with Gasteiger partial charge in [-0.1, -0.05) is 19.1 Å². The zero-order chi connectivity index (χ0) is 8.69. The second-order valence-corrected chi connectivity index (χ2v) is 2.18. The van der Waals surface area contributed by atoms with Gasteiger partial charge in [0.2, 0.25) is 5.91 Å². The molecule has 0 saturated heterocycles. The summed E-state index contributed by atoms with van der Waals surface area (Å²) in [5, 5.41) is 0. The van der Waals surface area contributed by atoms with Crippen LogP contribution in [0.5, 0.6) is 0 Å². The van der Waals surface area contributed by atoms with Crippen LogP contribution in [0, 0.1) is 0 Å². The molecule has 0 unspecified atom stereocenters. The number of hydrogen-bond donors (Lipinski definition) is 2. The van der Waals surface area contributed by atoms with Gasteiger partial charge in [-0.15, -0.1) is 0 Å². The first-order valence-corrected chi connectivity index (χ1v) is 3.46. The molecule has 0 aliphatic rings. The van der Waals surface area contributed by atoms with Crippen LogP contribution in [0.15, 0.2) is 12.2 Å². The number of rotatable bonds is 6. The normalized spacial score (nSPS) is 9.55. The summed E-state index contributed by atoms with van der Waals surface area (Å²) in [7, 11) is 0. The van der Waals surface area contributed by atoms with Crippen LogP contribution in [0.4, 0.5) is 0 Å². The highest BCUT2D eigenvalue weighted by Crippen LogP contribution is 1.91. The lowest BCUT2D eigenvalue weighted by atomic mass is 10.2. The molecule has 0 saturated carbocycles. The molecular formula is C7H14N2O2. The molecule has 3 N–H and O–H groups in total. The third-order valence-electron chi connectivity index (χ3n) is 1.14. The highest BCUT2D eigenvalue weighted by atomic mass is 16.6.